The summed E-state index contributed by atoms with van der Waals surface area (Å²) >= 11 is 0. The normalized spacial score (nSPS) is 30.6. The van der Waals surface area contributed by atoms with E-state index >= 15 is 0 Å². The van der Waals surface area contributed by atoms with Gasteiger partial charge < -0.3 is 43.2 Å². The molecule has 0 aliphatic carbocycles. The fourth-order valence-electron chi connectivity index (χ4n) is 6.84. The average Bonchev–Trinajstić information content (AvgIpc) is 2.91. The van der Waals surface area contributed by atoms with E-state index in [1.54, 1.807) is 6.92 Å². The molecule has 0 amide bonds. The van der Waals surface area contributed by atoms with Crippen molar-refractivity contribution in [1.29, 1.82) is 0 Å². The van der Waals surface area contributed by atoms with Gasteiger partial charge in [0.25, 0.3) is 6.43 Å². The van der Waals surface area contributed by atoms with Crippen LogP contribution >= 0.6 is 29.7 Å². The molecule has 2 rings (SSSR count). The molecule has 4 unspecified atom stereocenters. The minimum Gasteiger partial charge on any atom is -0.381 e. The van der Waals surface area contributed by atoms with Gasteiger partial charge in [0.2, 0.25) is 7.57 Å². The van der Waals surface area contributed by atoms with E-state index in [1.165, 1.54) is 9.80 Å². The third kappa shape index (κ3) is 9.57. The van der Waals surface area contributed by atoms with Gasteiger partial charge in [-0.3, -0.25) is 23.8 Å². The number of hydrogen-bond acceptors (Lipinski definition) is 8. The second-order valence-electron chi connectivity index (χ2n) is 12.6. The lowest BCUT2D eigenvalue weighted by molar-refractivity contribution is -0.00931. The van der Waals surface area contributed by atoms with Gasteiger partial charge in [-0.25, -0.2) is 0 Å². The molecule has 0 spiro atoms. The molecule has 20 heteroatoms. The lowest BCUT2D eigenvalue weighted by atomic mass is 9.40. The van der Waals surface area contributed by atoms with Crippen LogP contribution in [0, 0.1) is 0 Å². The largest absolute Gasteiger partial charge is 0.381 e. The zero-order chi connectivity index (χ0) is 31.0. The van der Waals surface area contributed by atoms with Crippen molar-refractivity contribution in [3.05, 3.63) is 0 Å². The van der Waals surface area contributed by atoms with Crippen LogP contribution in [0.4, 0.5) is 0 Å². The Balaban J connectivity index is 2.46. The maximum Gasteiger partial charge on any atom is 0.339 e. The molecule has 2 fully saturated rings. The minimum atomic E-state index is -4.51. The van der Waals surface area contributed by atoms with Gasteiger partial charge in [0.05, 0.1) is 12.6 Å². The van der Waals surface area contributed by atoms with Crippen molar-refractivity contribution in [3.63, 3.8) is 0 Å². The Labute approximate surface area is 238 Å². The monoisotopic (exact) mass is 651 g/mol. The van der Waals surface area contributed by atoms with E-state index in [9.17, 15) is 47.6 Å². The van der Waals surface area contributed by atoms with Crippen molar-refractivity contribution in [2.24, 2.45) is 0 Å². The minimum absolute atomic E-state index is 0.0957. The molecule has 40 heavy (non-hydrogen) atoms. The fraction of sp³-hybridized carbons (Fsp3) is 1.00. The summed E-state index contributed by atoms with van der Waals surface area (Å²) in [6, 6.07) is 0. The van der Waals surface area contributed by atoms with Gasteiger partial charge in [-0.2, -0.15) is 0 Å². The smallest absolute Gasteiger partial charge is 0.339 e. The number of nitrogens with zero attached hydrogens (tertiary/aromatic N) is 3. The molecule has 2 aliphatic rings. The lowest BCUT2D eigenvalue weighted by Crippen LogP contribution is -2.74. The third-order valence-electron chi connectivity index (χ3n) is 8.21. The molecule has 4 atom stereocenters. The van der Waals surface area contributed by atoms with Crippen LogP contribution in [0.25, 0.3) is 0 Å². The van der Waals surface area contributed by atoms with Crippen molar-refractivity contribution in [2.45, 2.75) is 76.7 Å². The molecular formula is C20H47B2N3O11P4. The Bertz CT molecular complexity index is 1060. The molecule has 2 heterocycles. The summed E-state index contributed by atoms with van der Waals surface area (Å²) in [7, 11) is -15.5. The summed E-state index contributed by atoms with van der Waals surface area (Å²) in [5, 5.41) is 0. The van der Waals surface area contributed by atoms with Crippen LogP contribution in [0.15, 0.2) is 0 Å². The van der Waals surface area contributed by atoms with E-state index in [0.29, 0.717) is 39.0 Å². The molecule has 6 N–H and O–H groups in total. The second-order valence-corrected chi connectivity index (χ2v) is 20.5. The summed E-state index contributed by atoms with van der Waals surface area (Å²) in [4.78, 5) is 64.6. The summed E-state index contributed by atoms with van der Waals surface area (Å²) < 4.78 is 55.4. The van der Waals surface area contributed by atoms with Gasteiger partial charge in [0, 0.05) is 36.2 Å². The second kappa shape index (κ2) is 12.9. The molecule has 14 nitrogen and oxygen atoms in total. The van der Waals surface area contributed by atoms with Crippen molar-refractivity contribution in [3.8, 4) is 0 Å². The number of hydrogen-bond donors (Lipinski definition) is 6. The van der Waals surface area contributed by atoms with Crippen molar-refractivity contribution in [1.82, 2.24) is 14.7 Å². The van der Waals surface area contributed by atoms with Gasteiger partial charge in [-0.05, 0) is 46.1 Å². The van der Waals surface area contributed by atoms with E-state index in [-0.39, 0.29) is 19.1 Å². The van der Waals surface area contributed by atoms with Crippen LogP contribution in [0.3, 0.4) is 0 Å². The number of rotatable bonds is 15. The Hall–Kier alpha value is 0.650. The van der Waals surface area contributed by atoms with Gasteiger partial charge >= 0.3 is 15.2 Å². The Morgan fingerprint density at radius 1 is 1.07 bits per heavy atom. The van der Waals surface area contributed by atoms with Crippen molar-refractivity contribution in [2.75, 3.05) is 51.4 Å². The van der Waals surface area contributed by atoms with E-state index in [2.05, 4.69) is 4.90 Å². The van der Waals surface area contributed by atoms with Gasteiger partial charge in [0.15, 0.2) is 14.5 Å². The summed E-state index contributed by atoms with van der Waals surface area (Å²) in [6.07, 6.45) is -1.01. The first kappa shape index (κ1) is 36.8. The van der Waals surface area contributed by atoms with Gasteiger partial charge in [0.1, 0.15) is 12.6 Å². The Morgan fingerprint density at radius 2 is 1.68 bits per heavy atom. The quantitative estimate of drug-likeness (QED) is 0.0835. The summed E-state index contributed by atoms with van der Waals surface area (Å²) in [6.45, 7) is 10.8. The zero-order valence-electron chi connectivity index (χ0n) is 24.4. The lowest BCUT2D eigenvalue weighted by Gasteiger charge is -2.60. The zero-order valence-corrected chi connectivity index (χ0v) is 28.0. The average molecular weight is 651 g/mol. The first-order valence-corrected chi connectivity index (χ1v) is 21.2. The van der Waals surface area contributed by atoms with E-state index in [0.717, 1.165) is 14.0 Å². The highest BCUT2D eigenvalue weighted by Crippen LogP contribution is 2.65. The molecule has 0 radical (unpaired) electrons. The highest BCUT2D eigenvalue weighted by molar-refractivity contribution is 7.92. The molecule has 2 saturated heterocycles. The Kier molecular flexibility index (Phi) is 11.9. The van der Waals surface area contributed by atoms with Crippen LogP contribution in [0.5, 0.6) is 0 Å². The predicted molar refractivity (Wildman–Crippen MR) is 159 cm³/mol. The summed E-state index contributed by atoms with van der Waals surface area (Å²) in [5.74, 6) is 0. The van der Waals surface area contributed by atoms with Gasteiger partial charge in [-0.15, -0.1) is 0 Å². The van der Waals surface area contributed by atoms with Crippen LogP contribution in [0.1, 0.15) is 60.3 Å². The molecule has 0 saturated carbocycles. The fourth-order valence-corrected chi connectivity index (χ4v) is 13.1. The molecule has 2 aliphatic heterocycles. The number of fused-ring (bicyclic) bond motifs is 1. The summed E-state index contributed by atoms with van der Waals surface area (Å²) in [5.41, 5.74) is -2.60. The molecule has 0 aromatic rings. The van der Waals surface area contributed by atoms with Crippen LogP contribution in [-0.4, -0.2) is 126 Å². The molecular weight excluding hydrogens is 604 g/mol. The topological polar surface area (TPSA) is 209 Å². The van der Waals surface area contributed by atoms with Gasteiger partial charge in [-0.1, -0.05) is 20.8 Å². The van der Waals surface area contributed by atoms with Crippen LogP contribution in [0.2, 0.25) is 0 Å². The SMILES string of the molecule is BP(=O)(O)CN(CCC(C)(C)N1CCC2(C)B(C1(C)CCOCCC)P(=O)(O)CN2CP(=O)(O)O)CP(=O)(O)O. The highest BCUT2D eigenvalue weighted by atomic mass is 31.2. The van der Waals surface area contributed by atoms with E-state index in [1.807, 2.05) is 27.7 Å². The Morgan fingerprint density at radius 3 is 2.17 bits per heavy atom. The van der Waals surface area contributed by atoms with E-state index in [4.69, 9.17) is 4.74 Å². The molecule has 0 bridgehead atoms. The first-order valence-electron chi connectivity index (χ1n) is 13.4. The first-order chi connectivity index (χ1) is 17.9. The highest BCUT2D eigenvalue weighted by Gasteiger charge is 2.70. The van der Waals surface area contributed by atoms with Crippen LogP contribution < -0.4 is 0 Å². The number of ether oxygens (including phenoxy) is 1. The molecule has 234 valence electrons. The van der Waals surface area contributed by atoms with E-state index < -0.39 is 65.1 Å². The standard InChI is InChI=1S/C20H47B2N3O11P4/c1-6-12-36-13-9-20(5)22-19(4,24(16-38(22,28)29)17-40(33,34)35)8-11-25(20)18(2,3)7-10-23(14-37(21,26)27)15-39(30,31)32/h6-17,21H2,1-5H3,(H,26,27)(H,28,29)(H2,30,31,32)(H2,33,34,35). The molecule has 0 aromatic carbocycles. The van der Waals surface area contributed by atoms with Crippen molar-refractivity contribution >= 4 is 43.7 Å². The maximum absolute atomic E-state index is 13.9. The predicted octanol–water partition coefficient (Wildman–Crippen LogP) is 1.16. The van der Waals surface area contributed by atoms with Crippen LogP contribution in [-0.2, 0) is 23.0 Å². The molecule has 0 aromatic heterocycles. The maximum atomic E-state index is 13.9. The van der Waals surface area contributed by atoms with Crippen molar-refractivity contribution < 1.29 is 52.4 Å². The third-order valence-corrected chi connectivity index (χ3v) is 13.3.